The van der Waals surface area contributed by atoms with Gasteiger partial charge in [-0.15, -0.1) is 0 Å². The van der Waals surface area contributed by atoms with Crippen molar-refractivity contribution in [3.8, 4) is 5.75 Å². The Morgan fingerprint density at radius 2 is 2.00 bits per heavy atom. The molecule has 0 heterocycles. The maximum Gasteiger partial charge on any atom is 0.141 e. The second-order valence-corrected chi connectivity index (χ2v) is 4.87. The molecule has 1 rings (SSSR count). The predicted octanol–water partition coefficient (Wildman–Crippen LogP) is 5.46. The van der Waals surface area contributed by atoms with E-state index >= 15 is 0 Å². The van der Waals surface area contributed by atoms with Crippen molar-refractivity contribution in [2.24, 2.45) is 0 Å². The van der Waals surface area contributed by atoms with Crippen LogP contribution in [0.4, 0.5) is 0 Å². The van der Waals surface area contributed by atoms with Crippen molar-refractivity contribution < 1.29 is 4.74 Å². The molecule has 0 radical (unpaired) electrons. The van der Waals surface area contributed by atoms with Gasteiger partial charge in [-0.25, -0.2) is 0 Å². The molecule has 17 heavy (non-hydrogen) atoms. The van der Waals surface area contributed by atoms with E-state index in [1.807, 2.05) is 6.07 Å². The maximum atomic E-state index is 6.11. The number of methoxy groups -OCH3 is 1. The zero-order chi connectivity index (χ0) is 12.8. The van der Waals surface area contributed by atoms with E-state index in [4.69, 9.17) is 27.9 Å². The fourth-order valence-corrected chi connectivity index (χ4v) is 2.34. The van der Waals surface area contributed by atoms with E-state index in [0.29, 0.717) is 16.0 Å². The average molecular weight is 273 g/mol. The van der Waals surface area contributed by atoms with Crippen LogP contribution >= 0.6 is 23.2 Å². The van der Waals surface area contributed by atoms with Crippen molar-refractivity contribution in [3.63, 3.8) is 0 Å². The molecule has 0 N–H and O–H groups in total. The molecule has 0 aliphatic heterocycles. The summed E-state index contributed by atoms with van der Waals surface area (Å²) in [6.45, 7) is 4.27. The summed E-state index contributed by atoms with van der Waals surface area (Å²) >= 11 is 12.1. The summed E-state index contributed by atoms with van der Waals surface area (Å²) < 4.78 is 5.34. The molecule has 0 fully saturated rings. The molecule has 0 spiro atoms. The third-order valence-corrected chi connectivity index (χ3v) is 3.16. The zero-order valence-corrected chi connectivity index (χ0v) is 12.0. The van der Waals surface area contributed by atoms with Crippen LogP contribution in [-0.2, 0) is 0 Å². The number of halogens is 2. The average Bonchev–Trinajstić information content (AvgIpc) is 2.28. The molecule has 1 nitrogen and oxygen atoms in total. The van der Waals surface area contributed by atoms with Crippen molar-refractivity contribution in [2.45, 2.75) is 32.6 Å². The summed E-state index contributed by atoms with van der Waals surface area (Å²) in [5.74, 6) is 1.07. The standard InChI is InChI=1S/C14H18Cl2O/c1-4-5-6-7-10(2)12-8-11(15)9-13(16)14(12)17-3/h5-6,8-10H,4,7H2,1-3H3/b6-5-. The van der Waals surface area contributed by atoms with Crippen LogP contribution in [0, 0.1) is 0 Å². The topological polar surface area (TPSA) is 9.23 Å². The molecule has 0 aromatic heterocycles. The lowest BCUT2D eigenvalue weighted by molar-refractivity contribution is 0.407. The Morgan fingerprint density at radius 1 is 1.29 bits per heavy atom. The van der Waals surface area contributed by atoms with E-state index in [9.17, 15) is 0 Å². The van der Waals surface area contributed by atoms with Gasteiger partial charge in [-0.05, 0) is 30.9 Å². The lowest BCUT2D eigenvalue weighted by Crippen LogP contribution is -1.98. The van der Waals surface area contributed by atoms with Gasteiger partial charge in [0.25, 0.3) is 0 Å². The monoisotopic (exact) mass is 272 g/mol. The van der Waals surface area contributed by atoms with Gasteiger partial charge in [0.05, 0.1) is 12.1 Å². The summed E-state index contributed by atoms with van der Waals surface area (Å²) in [6, 6.07) is 3.64. The fourth-order valence-electron chi connectivity index (χ4n) is 1.76. The number of rotatable bonds is 5. The van der Waals surface area contributed by atoms with Gasteiger partial charge >= 0.3 is 0 Å². The Kier molecular flexibility index (Phi) is 5.87. The highest BCUT2D eigenvalue weighted by Gasteiger charge is 2.14. The first kappa shape index (κ1) is 14.4. The first-order chi connectivity index (χ1) is 8.10. The Labute approximate surface area is 113 Å². The quantitative estimate of drug-likeness (QED) is 0.647. The summed E-state index contributed by atoms with van der Waals surface area (Å²) in [5.41, 5.74) is 1.06. The maximum absolute atomic E-state index is 6.11. The molecular weight excluding hydrogens is 255 g/mol. The Hall–Kier alpha value is -0.660. The van der Waals surface area contributed by atoms with E-state index in [0.717, 1.165) is 24.2 Å². The second kappa shape index (κ2) is 6.93. The minimum atomic E-state index is 0.337. The van der Waals surface area contributed by atoms with Crippen LogP contribution in [0.25, 0.3) is 0 Å². The van der Waals surface area contributed by atoms with Gasteiger partial charge in [0.15, 0.2) is 0 Å². The molecule has 3 heteroatoms. The van der Waals surface area contributed by atoms with E-state index < -0.39 is 0 Å². The van der Waals surface area contributed by atoms with Crippen molar-refractivity contribution >= 4 is 23.2 Å². The third-order valence-electron chi connectivity index (χ3n) is 2.66. The fraction of sp³-hybridized carbons (Fsp3) is 0.429. The molecule has 94 valence electrons. The molecule has 1 atom stereocenters. The molecule has 0 aliphatic rings. The first-order valence-corrected chi connectivity index (χ1v) is 6.53. The summed E-state index contributed by atoms with van der Waals surface area (Å²) in [6.07, 6.45) is 6.36. The highest BCUT2D eigenvalue weighted by atomic mass is 35.5. The van der Waals surface area contributed by atoms with Crippen LogP contribution < -0.4 is 4.74 Å². The highest BCUT2D eigenvalue weighted by molar-refractivity contribution is 6.35. The van der Waals surface area contributed by atoms with Crippen LogP contribution in [0.1, 0.15) is 38.2 Å². The van der Waals surface area contributed by atoms with Crippen molar-refractivity contribution in [2.75, 3.05) is 7.11 Å². The number of benzene rings is 1. The van der Waals surface area contributed by atoms with Gasteiger partial charge in [0.1, 0.15) is 5.75 Å². The van der Waals surface area contributed by atoms with Gasteiger partial charge in [0.2, 0.25) is 0 Å². The summed E-state index contributed by atoms with van der Waals surface area (Å²) in [5, 5.41) is 1.22. The second-order valence-electron chi connectivity index (χ2n) is 4.03. The highest BCUT2D eigenvalue weighted by Crippen LogP contribution is 2.37. The molecule has 0 aliphatic carbocycles. The summed E-state index contributed by atoms with van der Waals surface area (Å²) in [4.78, 5) is 0. The van der Waals surface area contributed by atoms with Crippen molar-refractivity contribution in [3.05, 3.63) is 39.9 Å². The van der Waals surface area contributed by atoms with Crippen molar-refractivity contribution in [1.82, 2.24) is 0 Å². The first-order valence-electron chi connectivity index (χ1n) is 5.78. The number of hydrogen-bond donors (Lipinski definition) is 0. The minimum Gasteiger partial charge on any atom is -0.495 e. The molecule has 1 aromatic rings. The van der Waals surface area contributed by atoms with Gasteiger partial charge in [-0.1, -0.05) is 49.2 Å². The molecule has 0 saturated carbocycles. The Bertz CT molecular complexity index is 399. The number of hydrogen-bond acceptors (Lipinski definition) is 1. The van der Waals surface area contributed by atoms with Crippen molar-refractivity contribution in [1.29, 1.82) is 0 Å². The lowest BCUT2D eigenvalue weighted by Gasteiger charge is -2.16. The van der Waals surface area contributed by atoms with Crippen LogP contribution in [0.2, 0.25) is 10.0 Å². The van der Waals surface area contributed by atoms with E-state index in [-0.39, 0.29) is 0 Å². The van der Waals surface area contributed by atoms with Gasteiger partial charge in [0, 0.05) is 10.6 Å². The van der Waals surface area contributed by atoms with E-state index in [1.165, 1.54) is 0 Å². The molecule has 0 bridgehead atoms. The normalized spacial score (nSPS) is 13.0. The van der Waals surface area contributed by atoms with Gasteiger partial charge in [-0.2, -0.15) is 0 Å². The lowest BCUT2D eigenvalue weighted by atomic mass is 9.96. The van der Waals surface area contributed by atoms with Gasteiger partial charge in [-0.3, -0.25) is 0 Å². The summed E-state index contributed by atoms with van der Waals surface area (Å²) in [7, 11) is 1.63. The predicted molar refractivity (Wildman–Crippen MR) is 75.5 cm³/mol. The molecular formula is C14H18Cl2O. The molecule has 0 saturated heterocycles. The number of ether oxygens (including phenoxy) is 1. The van der Waals surface area contributed by atoms with Crippen LogP contribution in [-0.4, -0.2) is 7.11 Å². The Balaban J connectivity index is 2.98. The third kappa shape index (κ3) is 3.93. The minimum absolute atomic E-state index is 0.337. The van der Waals surface area contributed by atoms with E-state index in [2.05, 4.69) is 26.0 Å². The smallest absolute Gasteiger partial charge is 0.141 e. The van der Waals surface area contributed by atoms with Gasteiger partial charge < -0.3 is 4.74 Å². The van der Waals surface area contributed by atoms with E-state index in [1.54, 1.807) is 13.2 Å². The van der Waals surface area contributed by atoms with Crippen LogP contribution in [0.5, 0.6) is 5.75 Å². The largest absolute Gasteiger partial charge is 0.495 e. The number of allylic oxidation sites excluding steroid dienone is 2. The van der Waals surface area contributed by atoms with Crippen LogP contribution in [0.3, 0.4) is 0 Å². The molecule has 1 aromatic carbocycles. The van der Waals surface area contributed by atoms with Crippen LogP contribution in [0.15, 0.2) is 24.3 Å². The molecule has 0 amide bonds. The zero-order valence-electron chi connectivity index (χ0n) is 10.5. The Morgan fingerprint density at radius 3 is 2.59 bits per heavy atom. The SMILES string of the molecule is CC/C=C\CC(C)c1cc(Cl)cc(Cl)c1OC. The molecule has 1 unspecified atom stereocenters.